The molecule has 1 atom stereocenters. The quantitative estimate of drug-likeness (QED) is 0.759. The number of nitrogens with two attached hydrogens (primary N) is 1. The molecule has 0 fully saturated rings. The summed E-state index contributed by atoms with van der Waals surface area (Å²) < 4.78 is 0. The van der Waals surface area contributed by atoms with Crippen molar-refractivity contribution in [3.8, 4) is 0 Å². The molecule has 18 heavy (non-hydrogen) atoms. The Morgan fingerprint density at radius 1 is 1.28 bits per heavy atom. The predicted molar refractivity (Wildman–Crippen MR) is 70.9 cm³/mol. The summed E-state index contributed by atoms with van der Waals surface area (Å²) in [5, 5.41) is 2.66. The third-order valence-electron chi connectivity index (χ3n) is 2.53. The van der Waals surface area contributed by atoms with Gasteiger partial charge in [-0.3, -0.25) is 9.59 Å². The molecule has 1 aromatic carbocycles. The van der Waals surface area contributed by atoms with E-state index < -0.39 is 6.04 Å². The lowest BCUT2D eigenvalue weighted by atomic mass is 10.1. The van der Waals surface area contributed by atoms with Gasteiger partial charge in [0.2, 0.25) is 11.8 Å². The third-order valence-corrected chi connectivity index (χ3v) is 2.53. The number of carbonyl (C=O) groups excluding carboxylic acids is 2. The van der Waals surface area contributed by atoms with Crippen LogP contribution in [0.2, 0.25) is 0 Å². The zero-order valence-electron chi connectivity index (χ0n) is 10.9. The van der Waals surface area contributed by atoms with Crippen LogP contribution in [0.1, 0.15) is 12.5 Å². The Bertz CT molecular complexity index is 426. The Balaban J connectivity index is 2.51. The van der Waals surface area contributed by atoms with Gasteiger partial charge in [-0.05, 0) is 24.6 Å². The van der Waals surface area contributed by atoms with Crippen molar-refractivity contribution < 1.29 is 9.59 Å². The van der Waals surface area contributed by atoms with Crippen molar-refractivity contribution in [1.82, 2.24) is 10.2 Å². The molecule has 98 valence electrons. The smallest absolute Gasteiger partial charge is 0.244 e. The van der Waals surface area contributed by atoms with Gasteiger partial charge in [-0.25, -0.2) is 0 Å². The fourth-order valence-corrected chi connectivity index (χ4v) is 1.56. The monoisotopic (exact) mass is 249 g/mol. The van der Waals surface area contributed by atoms with Crippen LogP contribution in [0.5, 0.6) is 0 Å². The van der Waals surface area contributed by atoms with Gasteiger partial charge in [0.05, 0.1) is 6.42 Å². The highest BCUT2D eigenvalue weighted by molar-refractivity contribution is 5.87. The van der Waals surface area contributed by atoms with Crippen LogP contribution in [0.3, 0.4) is 0 Å². The van der Waals surface area contributed by atoms with Gasteiger partial charge in [-0.15, -0.1) is 0 Å². The van der Waals surface area contributed by atoms with Crippen LogP contribution in [0, 0.1) is 0 Å². The zero-order chi connectivity index (χ0) is 13.7. The van der Waals surface area contributed by atoms with E-state index in [2.05, 4.69) is 5.32 Å². The van der Waals surface area contributed by atoms with Gasteiger partial charge in [0, 0.05) is 19.8 Å². The van der Waals surface area contributed by atoms with Crippen LogP contribution in [0.4, 0.5) is 5.69 Å². The third kappa shape index (κ3) is 4.08. The SMILES string of the molecule is CC(NC(=O)Cc1ccc(N)cc1)C(=O)N(C)C. The molecule has 0 aliphatic carbocycles. The zero-order valence-corrected chi connectivity index (χ0v) is 10.9. The first-order valence-corrected chi connectivity index (χ1v) is 5.75. The van der Waals surface area contributed by atoms with Crippen LogP contribution in [0.15, 0.2) is 24.3 Å². The van der Waals surface area contributed by atoms with E-state index in [0.717, 1.165) is 5.56 Å². The van der Waals surface area contributed by atoms with Crippen molar-refractivity contribution in [3.63, 3.8) is 0 Å². The number of anilines is 1. The molecule has 0 saturated heterocycles. The van der Waals surface area contributed by atoms with Crippen molar-refractivity contribution in [2.24, 2.45) is 0 Å². The minimum atomic E-state index is -0.513. The number of nitrogens with zero attached hydrogens (tertiary/aromatic N) is 1. The molecule has 1 aromatic rings. The number of hydrogen-bond acceptors (Lipinski definition) is 3. The fourth-order valence-electron chi connectivity index (χ4n) is 1.56. The highest BCUT2D eigenvalue weighted by Gasteiger charge is 2.16. The molecule has 1 rings (SSSR count). The first-order valence-electron chi connectivity index (χ1n) is 5.75. The number of amides is 2. The standard InChI is InChI=1S/C13H19N3O2/c1-9(13(18)16(2)3)15-12(17)8-10-4-6-11(14)7-5-10/h4-7,9H,8,14H2,1-3H3,(H,15,17). The van der Waals surface area contributed by atoms with E-state index >= 15 is 0 Å². The van der Waals surface area contributed by atoms with E-state index in [0.29, 0.717) is 5.69 Å². The number of carbonyl (C=O) groups is 2. The van der Waals surface area contributed by atoms with Crippen molar-refractivity contribution in [3.05, 3.63) is 29.8 Å². The second-order valence-electron chi connectivity index (χ2n) is 4.44. The molecule has 5 nitrogen and oxygen atoms in total. The molecular formula is C13H19N3O2. The first-order chi connectivity index (χ1) is 8.40. The number of nitrogens with one attached hydrogen (secondary N) is 1. The predicted octanol–water partition coefficient (Wildman–Crippen LogP) is 0.404. The maximum Gasteiger partial charge on any atom is 0.244 e. The Hall–Kier alpha value is -2.04. The first kappa shape index (κ1) is 14.0. The lowest BCUT2D eigenvalue weighted by Gasteiger charge is -2.17. The molecule has 1 unspecified atom stereocenters. The molecule has 5 heteroatoms. The molecular weight excluding hydrogens is 230 g/mol. The number of benzene rings is 1. The Labute approximate surface area is 107 Å². The summed E-state index contributed by atoms with van der Waals surface area (Å²) in [6, 6.07) is 6.58. The Morgan fingerprint density at radius 2 is 1.83 bits per heavy atom. The van der Waals surface area contributed by atoms with Gasteiger partial charge in [0.1, 0.15) is 6.04 Å². The average Bonchev–Trinajstić information content (AvgIpc) is 2.30. The van der Waals surface area contributed by atoms with Crippen LogP contribution in [0.25, 0.3) is 0 Å². The molecule has 2 amide bonds. The molecule has 0 aliphatic heterocycles. The highest BCUT2D eigenvalue weighted by Crippen LogP contribution is 2.06. The molecule has 0 bridgehead atoms. The van der Waals surface area contributed by atoms with Crippen molar-refractivity contribution >= 4 is 17.5 Å². The fraction of sp³-hybridized carbons (Fsp3) is 0.385. The summed E-state index contributed by atoms with van der Waals surface area (Å²) in [7, 11) is 3.32. The summed E-state index contributed by atoms with van der Waals surface area (Å²) in [5.74, 6) is -0.303. The van der Waals surface area contributed by atoms with E-state index in [1.54, 1.807) is 45.3 Å². The summed E-state index contributed by atoms with van der Waals surface area (Å²) >= 11 is 0. The van der Waals surface area contributed by atoms with Crippen LogP contribution in [-0.4, -0.2) is 36.9 Å². The van der Waals surface area contributed by atoms with Crippen molar-refractivity contribution in [1.29, 1.82) is 0 Å². The topological polar surface area (TPSA) is 75.4 Å². The highest BCUT2D eigenvalue weighted by atomic mass is 16.2. The average molecular weight is 249 g/mol. The number of hydrogen-bond donors (Lipinski definition) is 2. The van der Waals surface area contributed by atoms with E-state index in [1.807, 2.05) is 0 Å². The molecule has 3 N–H and O–H groups in total. The minimum absolute atomic E-state index is 0.124. The van der Waals surface area contributed by atoms with Gasteiger partial charge in [-0.1, -0.05) is 12.1 Å². The Kier molecular flexibility index (Phi) is 4.71. The van der Waals surface area contributed by atoms with E-state index in [4.69, 9.17) is 5.73 Å². The molecule has 0 saturated carbocycles. The Morgan fingerprint density at radius 3 is 2.33 bits per heavy atom. The summed E-state index contributed by atoms with van der Waals surface area (Å²) in [6.07, 6.45) is 0.241. The molecule has 0 aromatic heterocycles. The molecule has 0 spiro atoms. The molecule has 0 heterocycles. The number of likely N-dealkylation sites (N-methyl/N-ethyl adjacent to an activating group) is 1. The van der Waals surface area contributed by atoms with Gasteiger partial charge < -0.3 is 16.0 Å². The largest absolute Gasteiger partial charge is 0.399 e. The molecule has 0 aliphatic rings. The number of nitrogen functional groups attached to an aromatic ring is 1. The van der Waals surface area contributed by atoms with Crippen LogP contribution >= 0.6 is 0 Å². The summed E-state index contributed by atoms with van der Waals surface area (Å²) in [5.41, 5.74) is 7.09. The maximum absolute atomic E-state index is 11.7. The minimum Gasteiger partial charge on any atom is -0.399 e. The van der Waals surface area contributed by atoms with Crippen molar-refractivity contribution in [2.75, 3.05) is 19.8 Å². The molecule has 0 radical (unpaired) electrons. The van der Waals surface area contributed by atoms with E-state index in [-0.39, 0.29) is 18.2 Å². The van der Waals surface area contributed by atoms with Gasteiger partial charge in [-0.2, -0.15) is 0 Å². The van der Waals surface area contributed by atoms with Gasteiger partial charge >= 0.3 is 0 Å². The van der Waals surface area contributed by atoms with Gasteiger partial charge in [0.25, 0.3) is 0 Å². The second kappa shape index (κ2) is 6.05. The lowest BCUT2D eigenvalue weighted by Crippen LogP contribution is -2.44. The maximum atomic E-state index is 11.7. The van der Waals surface area contributed by atoms with Crippen molar-refractivity contribution in [2.45, 2.75) is 19.4 Å². The van der Waals surface area contributed by atoms with Gasteiger partial charge in [0.15, 0.2) is 0 Å². The van der Waals surface area contributed by atoms with E-state index in [9.17, 15) is 9.59 Å². The van der Waals surface area contributed by atoms with E-state index in [1.165, 1.54) is 4.90 Å². The van der Waals surface area contributed by atoms with Crippen LogP contribution in [-0.2, 0) is 16.0 Å². The normalized spacial score (nSPS) is 11.7. The van der Waals surface area contributed by atoms with Crippen LogP contribution < -0.4 is 11.1 Å². The number of rotatable bonds is 4. The second-order valence-corrected chi connectivity index (χ2v) is 4.44. The lowest BCUT2D eigenvalue weighted by molar-refractivity contribution is -0.133. The summed E-state index contributed by atoms with van der Waals surface area (Å²) in [4.78, 5) is 24.7. The summed E-state index contributed by atoms with van der Waals surface area (Å²) in [6.45, 7) is 1.67.